The first-order valence-electron chi connectivity index (χ1n) is 7.01. The number of halogens is 6. The summed E-state index contributed by atoms with van der Waals surface area (Å²) in [6.45, 7) is 0.881. The van der Waals surface area contributed by atoms with Crippen LogP contribution in [-0.4, -0.2) is 11.0 Å². The summed E-state index contributed by atoms with van der Waals surface area (Å²) in [5.41, 5.74) is -6.99. The van der Waals surface area contributed by atoms with Crippen LogP contribution < -0.4 is 5.32 Å². The average molecular weight is 397 g/mol. The van der Waals surface area contributed by atoms with Gasteiger partial charge >= 0.3 is 11.0 Å². The number of thioether (sulfide) groups is 2. The van der Waals surface area contributed by atoms with Gasteiger partial charge in [0.1, 0.15) is 0 Å². The van der Waals surface area contributed by atoms with Crippen LogP contribution in [0, 0.1) is 0 Å². The first-order valence-corrected chi connectivity index (χ1v) is 8.64. The molecule has 2 aromatic carbocycles. The van der Waals surface area contributed by atoms with Gasteiger partial charge in [0.2, 0.25) is 0 Å². The van der Waals surface area contributed by atoms with E-state index in [1.807, 2.05) is 0 Å². The lowest BCUT2D eigenvalue weighted by Crippen LogP contribution is -2.12. The number of benzene rings is 2. The third-order valence-corrected chi connectivity index (χ3v) is 4.45. The standard InChI is InChI=1S/C16H13F6NS2/c17-15(18,19)24-13-5-1-11(2-6-13)9-23-10-12-3-7-14(8-4-12)25-16(20,21)22/h1-8,23H,9-10H2. The molecule has 2 rings (SSSR count). The molecule has 0 amide bonds. The van der Waals surface area contributed by atoms with Gasteiger partial charge in [0.15, 0.2) is 0 Å². The van der Waals surface area contributed by atoms with Gasteiger partial charge in [-0.2, -0.15) is 26.3 Å². The van der Waals surface area contributed by atoms with Gasteiger partial charge in [-0.25, -0.2) is 0 Å². The van der Waals surface area contributed by atoms with Crippen LogP contribution in [0.2, 0.25) is 0 Å². The van der Waals surface area contributed by atoms with Crippen molar-refractivity contribution in [3.05, 3.63) is 59.7 Å². The SMILES string of the molecule is FC(F)(F)Sc1ccc(CNCc2ccc(SC(F)(F)F)cc2)cc1. The first kappa shape index (κ1) is 20.0. The van der Waals surface area contributed by atoms with E-state index in [4.69, 9.17) is 0 Å². The second-order valence-electron chi connectivity index (χ2n) is 4.99. The van der Waals surface area contributed by atoms with E-state index in [2.05, 4.69) is 5.32 Å². The second kappa shape index (κ2) is 8.37. The fourth-order valence-electron chi connectivity index (χ4n) is 1.97. The van der Waals surface area contributed by atoms with Crippen molar-refractivity contribution in [1.82, 2.24) is 5.32 Å². The monoisotopic (exact) mass is 397 g/mol. The molecule has 136 valence electrons. The molecule has 1 nitrogen and oxygen atoms in total. The Morgan fingerprint density at radius 1 is 0.600 bits per heavy atom. The second-order valence-corrected chi connectivity index (χ2v) is 7.26. The Balaban J connectivity index is 1.80. The molecule has 0 radical (unpaired) electrons. The molecule has 0 spiro atoms. The van der Waals surface area contributed by atoms with Gasteiger partial charge in [0, 0.05) is 22.9 Å². The quantitative estimate of drug-likeness (QED) is 0.460. The number of rotatable bonds is 6. The number of nitrogens with one attached hydrogen (secondary N) is 1. The van der Waals surface area contributed by atoms with E-state index in [1.54, 1.807) is 24.3 Å². The maximum Gasteiger partial charge on any atom is 0.446 e. The fraction of sp³-hybridized carbons (Fsp3) is 0.250. The maximum atomic E-state index is 12.2. The van der Waals surface area contributed by atoms with Crippen molar-refractivity contribution in [2.75, 3.05) is 0 Å². The fourth-order valence-corrected chi connectivity index (χ4v) is 3.05. The van der Waals surface area contributed by atoms with Crippen LogP contribution in [0.15, 0.2) is 58.3 Å². The molecule has 25 heavy (non-hydrogen) atoms. The molecule has 0 saturated carbocycles. The molecule has 0 saturated heterocycles. The topological polar surface area (TPSA) is 12.0 Å². The minimum absolute atomic E-state index is 0.119. The molecular formula is C16H13F6NS2. The van der Waals surface area contributed by atoms with Crippen LogP contribution in [0.3, 0.4) is 0 Å². The van der Waals surface area contributed by atoms with E-state index in [0.717, 1.165) is 11.1 Å². The Kier molecular flexibility index (Phi) is 6.70. The lowest BCUT2D eigenvalue weighted by Gasteiger charge is -2.09. The van der Waals surface area contributed by atoms with Gasteiger partial charge in [0.05, 0.1) is 0 Å². The van der Waals surface area contributed by atoms with Crippen molar-refractivity contribution in [2.24, 2.45) is 0 Å². The van der Waals surface area contributed by atoms with Crippen molar-refractivity contribution in [3.8, 4) is 0 Å². The molecule has 0 bridgehead atoms. The highest BCUT2D eigenvalue weighted by atomic mass is 32.2. The van der Waals surface area contributed by atoms with Gasteiger partial charge in [-0.05, 0) is 58.9 Å². The highest BCUT2D eigenvalue weighted by molar-refractivity contribution is 8.00. The Labute approximate surface area is 149 Å². The molecule has 0 aliphatic rings. The zero-order valence-corrected chi connectivity index (χ0v) is 14.3. The normalized spacial score (nSPS) is 12.4. The predicted octanol–water partition coefficient (Wildman–Crippen LogP) is 6.20. The Hall–Kier alpha value is -1.32. The molecule has 0 atom stereocenters. The molecule has 1 N–H and O–H groups in total. The molecule has 2 aromatic rings. The van der Waals surface area contributed by atoms with E-state index in [0.29, 0.717) is 13.1 Å². The van der Waals surface area contributed by atoms with E-state index in [-0.39, 0.29) is 33.3 Å². The van der Waals surface area contributed by atoms with E-state index >= 15 is 0 Å². The number of alkyl halides is 6. The lowest BCUT2D eigenvalue weighted by atomic mass is 10.2. The van der Waals surface area contributed by atoms with Crippen LogP contribution in [0.4, 0.5) is 26.3 Å². The number of hydrogen-bond acceptors (Lipinski definition) is 3. The van der Waals surface area contributed by atoms with Gasteiger partial charge in [-0.15, -0.1) is 0 Å². The summed E-state index contributed by atoms with van der Waals surface area (Å²) < 4.78 is 73.4. The van der Waals surface area contributed by atoms with E-state index in [9.17, 15) is 26.3 Å². The highest BCUT2D eigenvalue weighted by Crippen LogP contribution is 2.37. The molecule has 0 unspecified atom stereocenters. The van der Waals surface area contributed by atoms with Gasteiger partial charge in [-0.3, -0.25) is 0 Å². The molecule has 0 aliphatic heterocycles. The largest absolute Gasteiger partial charge is 0.446 e. The molecule has 0 fully saturated rings. The zero-order valence-electron chi connectivity index (χ0n) is 12.6. The summed E-state index contributed by atoms with van der Waals surface area (Å²) in [6, 6.07) is 12.0. The van der Waals surface area contributed by atoms with Crippen molar-refractivity contribution < 1.29 is 26.3 Å². The van der Waals surface area contributed by atoms with Gasteiger partial charge in [0.25, 0.3) is 0 Å². The maximum absolute atomic E-state index is 12.2. The van der Waals surface area contributed by atoms with Crippen LogP contribution >= 0.6 is 23.5 Å². The predicted molar refractivity (Wildman–Crippen MR) is 87.3 cm³/mol. The molecule has 0 aromatic heterocycles. The summed E-state index contributed by atoms with van der Waals surface area (Å²) in [5.74, 6) is 0. The lowest BCUT2D eigenvalue weighted by molar-refractivity contribution is -0.0337. The molecule has 0 aliphatic carbocycles. The summed E-state index contributed by atoms with van der Waals surface area (Å²) in [4.78, 5) is 0.239. The van der Waals surface area contributed by atoms with Crippen molar-refractivity contribution in [1.29, 1.82) is 0 Å². The molecule has 9 heteroatoms. The summed E-state index contributed by atoms with van der Waals surface area (Å²) in [5, 5.41) is 3.10. The minimum atomic E-state index is -4.31. The Morgan fingerprint density at radius 3 is 1.20 bits per heavy atom. The number of hydrogen-bond donors (Lipinski definition) is 1. The third-order valence-electron chi connectivity index (χ3n) is 2.97. The Bertz CT molecular complexity index is 606. The third kappa shape index (κ3) is 8.06. The van der Waals surface area contributed by atoms with E-state index in [1.165, 1.54) is 24.3 Å². The summed E-state index contributed by atoms with van der Waals surface area (Å²) in [6.07, 6.45) is 0. The van der Waals surface area contributed by atoms with Crippen molar-refractivity contribution in [2.45, 2.75) is 33.9 Å². The summed E-state index contributed by atoms with van der Waals surface area (Å²) >= 11 is -0.334. The van der Waals surface area contributed by atoms with Gasteiger partial charge in [-0.1, -0.05) is 24.3 Å². The van der Waals surface area contributed by atoms with Crippen molar-refractivity contribution >= 4 is 23.5 Å². The van der Waals surface area contributed by atoms with Crippen LogP contribution in [0.1, 0.15) is 11.1 Å². The van der Waals surface area contributed by atoms with E-state index < -0.39 is 11.0 Å². The van der Waals surface area contributed by atoms with Crippen molar-refractivity contribution in [3.63, 3.8) is 0 Å². The first-order chi connectivity index (χ1) is 11.6. The van der Waals surface area contributed by atoms with Crippen LogP contribution in [-0.2, 0) is 13.1 Å². The summed E-state index contributed by atoms with van der Waals surface area (Å²) in [7, 11) is 0. The highest BCUT2D eigenvalue weighted by Gasteiger charge is 2.29. The average Bonchev–Trinajstić information content (AvgIpc) is 2.48. The minimum Gasteiger partial charge on any atom is -0.309 e. The molecular weight excluding hydrogens is 384 g/mol. The van der Waals surface area contributed by atoms with Crippen LogP contribution in [0.25, 0.3) is 0 Å². The Morgan fingerprint density at radius 2 is 0.920 bits per heavy atom. The van der Waals surface area contributed by atoms with Crippen LogP contribution in [0.5, 0.6) is 0 Å². The smallest absolute Gasteiger partial charge is 0.309 e. The zero-order chi connectivity index (χ0) is 18.5. The van der Waals surface area contributed by atoms with Gasteiger partial charge < -0.3 is 5.32 Å². The molecule has 0 heterocycles.